The second-order valence-corrected chi connectivity index (χ2v) is 10.3. The van der Waals surface area contributed by atoms with Crippen LogP contribution in [0.5, 0.6) is 0 Å². The Balaban J connectivity index is 1.28. The number of carbonyl (C=O) groups excluding carboxylic acids is 3. The number of benzene rings is 2. The zero-order valence-electron chi connectivity index (χ0n) is 19.7. The van der Waals surface area contributed by atoms with Gasteiger partial charge >= 0.3 is 0 Å². The monoisotopic (exact) mass is 523 g/mol. The number of carbonyl (C=O) groups is 3. The van der Waals surface area contributed by atoms with Crippen molar-refractivity contribution in [3.63, 3.8) is 0 Å². The topological polar surface area (TPSA) is 122 Å². The predicted molar refractivity (Wildman–Crippen MR) is 133 cm³/mol. The first kappa shape index (κ1) is 23.5. The van der Waals surface area contributed by atoms with Crippen LogP contribution in [0.1, 0.15) is 40.9 Å². The highest BCUT2D eigenvalue weighted by Crippen LogP contribution is 2.56. The van der Waals surface area contributed by atoms with Gasteiger partial charge in [0.25, 0.3) is 5.91 Å². The van der Waals surface area contributed by atoms with Gasteiger partial charge in [0.15, 0.2) is 5.69 Å². The maximum absolute atomic E-state index is 15.0. The molecule has 190 valence electrons. The summed E-state index contributed by atoms with van der Waals surface area (Å²) in [4.78, 5) is 42.0. The first-order chi connectivity index (χ1) is 17.6. The summed E-state index contributed by atoms with van der Waals surface area (Å²) < 4.78 is 16.4. The van der Waals surface area contributed by atoms with E-state index < -0.39 is 23.3 Å². The number of likely N-dealkylation sites (tertiary alicyclic amines) is 2. The first-order valence-corrected chi connectivity index (χ1v) is 12.2. The highest BCUT2D eigenvalue weighted by Gasteiger charge is 2.72. The molecule has 37 heavy (non-hydrogen) atoms. The fourth-order valence-electron chi connectivity index (χ4n) is 6.43. The SMILES string of the molecule is C=C(O)c1ccc(Cl)c(F)c1CN1C(=O)[C@H]2N(C(=O)Cn3nc(C(N)=O)c4ccccc43)[C@@H]3CC[C@@]21C3. The Hall–Kier alpha value is -3.92. The molecule has 3 aromatic rings. The van der Waals surface area contributed by atoms with E-state index >= 15 is 0 Å². The Morgan fingerprint density at radius 2 is 2.03 bits per heavy atom. The van der Waals surface area contributed by atoms with E-state index in [1.165, 1.54) is 16.8 Å². The van der Waals surface area contributed by atoms with Gasteiger partial charge in [0, 0.05) is 22.6 Å². The van der Waals surface area contributed by atoms with Gasteiger partial charge < -0.3 is 20.6 Å². The average Bonchev–Trinajstić information content (AvgIpc) is 3.54. The van der Waals surface area contributed by atoms with Crippen molar-refractivity contribution >= 4 is 46.0 Å². The van der Waals surface area contributed by atoms with Crippen LogP contribution in [0.2, 0.25) is 5.02 Å². The van der Waals surface area contributed by atoms with Gasteiger partial charge in [-0.2, -0.15) is 5.10 Å². The van der Waals surface area contributed by atoms with Gasteiger partial charge in [0.05, 0.1) is 22.6 Å². The zero-order chi connectivity index (χ0) is 26.2. The summed E-state index contributed by atoms with van der Waals surface area (Å²) in [5, 5.41) is 14.7. The van der Waals surface area contributed by atoms with E-state index in [1.807, 2.05) is 0 Å². The summed E-state index contributed by atoms with van der Waals surface area (Å²) in [5.74, 6) is -2.29. The number of nitrogens with zero attached hydrogens (tertiary/aromatic N) is 4. The number of halogens is 2. The average molecular weight is 524 g/mol. The number of β-lactam (4-membered cyclic amide) rings is 1. The molecule has 1 aliphatic carbocycles. The largest absolute Gasteiger partial charge is 0.508 e. The Bertz CT molecular complexity index is 1540. The van der Waals surface area contributed by atoms with Gasteiger partial charge in [-0.3, -0.25) is 19.1 Å². The predicted octanol–water partition coefficient (Wildman–Crippen LogP) is 3.00. The van der Waals surface area contributed by atoms with E-state index in [9.17, 15) is 23.9 Å². The lowest BCUT2D eigenvalue weighted by Gasteiger charge is -2.56. The summed E-state index contributed by atoms with van der Waals surface area (Å²) in [6, 6.07) is 9.02. The van der Waals surface area contributed by atoms with Crippen LogP contribution >= 0.6 is 11.6 Å². The number of para-hydroxylation sites is 1. The third-order valence-electron chi connectivity index (χ3n) is 8.01. The van der Waals surface area contributed by atoms with Crippen molar-refractivity contribution in [1.29, 1.82) is 0 Å². The molecule has 1 spiro atoms. The Kier molecular flexibility index (Phi) is 5.10. The molecule has 1 aromatic heterocycles. The quantitative estimate of drug-likeness (QED) is 0.380. The van der Waals surface area contributed by atoms with Crippen molar-refractivity contribution < 1.29 is 23.9 Å². The summed E-state index contributed by atoms with van der Waals surface area (Å²) in [6.07, 6.45) is 1.97. The van der Waals surface area contributed by atoms with E-state index in [4.69, 9.17) is 17.3 Å². The van der Waals surface area contributed by atoms with Crippen LogP contribution in [0.3, 0.4) is 0 Å². The van der Waals surface area contributed by atoms with Gasteiger partial charge in [-0.25, -0.2) is 4.39 Å². The maximum atomic E-state index is 15.0. The number of aliphatic hydroxyl groups is 1. The molecular formula is C26H23ClFN5O4. The molecule has 0 unspecified atom stereocenters. The van der Waals surface area contributed by atoms with Crippen LogP contribution in [0, 0.1) is 5.82 Å². The number of primary amides is 1. The van der Waals surface area contributed by atoms with Gasteiger partial charge in [-0.1, -0.05) is 36.4 Å². The van der Waals surface area contributed by atoms with Crippen molar-refractivity contribution in [2.45, 2.75) is 50.0 Å². The summed E-state index contributed by atoms with van der Waals surface area (Å²) in [7, 11) is 0. The van der Waals surface area contributed by atoms with Crippen LogP contribution < -0.4 is 5.73 Å². The van der Waals surface area contributed by atoms with Crippen LogP contribution in [0.4, 0.5) is 4.39 Å². The fourth-order valence-corrected chi connectivity index (χ4v) is 6.60. The second kappa shape index (κ2) is 8.04. The molecule has 2 aromatic carbocycles. The molecule has 3 atom stereocenters. The van der Waals surface area contributed by atoms with Crippen molar-refractivity contribution in [2.24, 2.45) is 5.73 Å². The maximum Gasteiger partial charge on any atom is 0.269 e. The molecule has 11 heteroatoms. The van der Waals surface area contributed by atoms with Gasteiger partial charge in [0.2, 0.25) is 11.8 Å². The molecule has 3 heterocycles. The molecule has 9 nitrogen and oxygen atoms in total. The van der Waals surface area contributed by atoms with E-state index in [-0.39, 0.29) is 58.5 Å². The fraction of sp³-hybridized carbons (Fsp3) is 0.308. The molecule has 2 aliphatic heterocycles. The van der Waals surface area contributed by atoms with E-state index in [0.29, 0.717) is 30.2 Å². The molecule has 3 fully saturated rings. The van der Waals surface area contributed by atoms with E-state index in [1.54, 1.807) is 34.1 Å². The lowest BCUT2D eigenvalue weighted by Crippen LogP contribution is -2.76. The van der Waals surface area contributed by atoms with Gasteiger partial charge in [-0.15, -0.1) is 0 Å². The Morgan fingerprint density at radius 1 is 1.27 bits per heavy atom. The molecule has 1 saturated carbocycles. The molecule has 0 radical (unpaired) electrons. The number of rotatable bonds is 6. The number of piperidine rings is 1. The highest BCUT2D eigenvalue weighted by atomic mass is 35.5. The minimum absolute atomic E-state index is 0.0820. The molecule has 2 bridgehead atoms. The molecule has 3 amide bonds. The van der Waals surface area contributed by atoms with E-state index in [2.05, 4.69) is 11.7 Å². The summed E-state index contributed by atoms with van der Waals surface area (Å²) in [5.41, 5.74) is 5.82. The van der Waals surface area contributed by atoms with Crippen molar-refractivity contribution in [3.05, 3.63) is 70.6 Å². The van der Waals surface area contributed by atoms with Crippen LogP contribution in [-0.4, -0.2) is 60.0 Å². The van der Waals surface area contributed by atoms with Gasteiger partial charge in [-0.05, 0) is 37.5 Å². The standard InChI is InChI=1S/C26H23ClFN5O4/c1-13(34)15-6-7-18(27)21(28)17(15)11-31-25(37)23-26(31)9-8-14(10-26)33(23)20(35)12-32-19-5-3-2-4-16(19)22(30-32)24(29)36/h2-7,14,23,34H,1,8-12H2,(H2,29,36)/t14-,23-,26-/m1/s1. The minimum atomic E-state index is -0.710. The molecule has 6 rings (SSSR count). The molecule has 3 aliphatic rings. The third kappa shape index (κ3) is 3.21. The summed E-state index contributed by atoms with van der Waals surface area (Å²) >= 11 is 5.98. The summed E-state index contributed by atoms with van der Waals surface area (Å²) in [6.45, 7) is 3.26. The van der Waals surface area contributed by atoms with Gasteiger partial charge in [0.1, 0.15) is 24.2 Å². The minimum Gasteiger partial charge on any atom is -0.508 e. The molecule has 2 saturated heterocycles. The van der Waals surface area contributed by atoms with Crippen LogP contribution in [0.25, 0.3) is 16.7 Å². The Morgan fingerprint density at radius 3 is 2.76 bits per heavy atom. The number of amides is 3. The van der Waals surface area contributed by atoms with Crippen LogP contribution in [0.15, 0.2) is 43.0 Å². The number of hydrogen-bond acceptors (Lipinski definition) is 5. The normalized spacial score (nSPS) is 23.9. The van der Waals surface area contributed by atoms with Crippen molar-refractivity contribution in [3.8, 4) is 0 Å². The number of hydrogen-bond donors (Lipinski definition) is 2. The number of aliphatic hydroxyl groups excluding tert-OH is 1. The highest BCUT2D eigenvalue weighted by molar-refractivity contribution is 6.30. The van der Waals surface area contributed by atoms with Crippen molar-refractivity contribution in [2.75, 3.05) is 0 Å². The number of nitrogens with two attached hydrogens (primary N) is 1. The van der Waals surface area contributed by atoms with E-state index in [0.717, 1.165) is 0 Å². The smallest absolute Gasteiger partial charge is 0.269 e. The number of fused-ring (bicyclic) bond motifs is 2. The zero-order valence-corrected chi connectivity index (χ0v) is 20.4. The van der Waals surface area contributed by atoms with Crippen molar-refractivity contribution in [1.82, 2.24) is 19.6 Å². The number of aromatic nitrogens is 2. The molecule has 3 N–H and O–H groups in total. The first-order valence-electron chi connectivity index (χ1n) is 11.9. The lowest BCUT2D eigenvalue weighted by molar-refractivity contribution is -0.176. The second-order valence-electron chi connectivity index (χ2n) is 9.85. The Labute approximate surface area is 215 Å². The van der Waals surface area contributed by atoms with Crippen LogP contribution in [-0.2, 0) is 22.7 Å². The lowest BCUT2D eigenvalue weighted by atomic mass is 9.77. The molecular weight excluding hydrogens is 501 g/mol. The third-order valence-corrected chi connectivity index (χ3v) is 8.30.